The maximum Gasteiger partial charge on any atom is 0.0632 e. The van der Waals surface area contributed by atoms with Gasteiger partial charge in [-0.3, -0.25) is 4.99 Å². The third-order valence-electron chi connectivity index (χ3n) is 3.27. The van der Waals surface area contributed by atoms with Crippen LogP contribution in [0.4, 0.5) is 11.4 Å². The molecule has 0 fully saturated rings. The zero-order valence-electron chi connectivity index (χ0n) is 11.7. The fourth-order valence-corrected chi connectivity index (χ4v) is 2.15. The van der Waals surface area contributed by atoms with Gasteiger partial charge < -0.3 is 9.88 Å². The number of aromatic nitrogens is 1. The Labute approximate surface area is 118 Å². The van der Waals surface area contributed by atoms with E-state index < -0.39 is 0 Å². The summed E-state index contributed by atoms with van der Waals surface area (Å²) in [6.07, 6.45) is 1.87. The van der Waals surface area contributed by atoms with E-state index in [9.17, 15) is 0 Å². The number of benzene rings is 2. The maximum absolute atomic E-state index is 4.50. The van der Waals surface area contributed by atoms with Gasteiger partial charge in [0.2, 0.25) is 0 Å². The number of H-pyrrole nitrogens is 1. The van der Waals surface area contributed by atoms with Gasteiger partial charge in [0.05, 0.1) is 17.6 Å². The van der Waals surface area contributed by atoms with E-state index in [2.05, 4.69) is 45.2 Å². The van der Waals surface area contributed by atoms with Gasteiger partial charge in [0.25, 0.3) is 0 Å². The number of aliphatic imine (C=N–C) groups is 1. The van der Waals surface area contributed by atoms with Crippen molar-refractivity contribution in [3.05, 3.63) is 60.3 Å². The highest BCUT2D eigenvalue weighted by atomic mass is 15.1. The van der Waals surface area contributed by atoms with Gasteiger partial charge in [-0.1, -0.05) is 18.2 Å². The molecule has 0 amide bonds. The lowest BCUT2D eigenvalue weighted by atomic mass is 10.2. The summed E-state index contributed by atoms with van der Waals surface area (Å²) in [6.45, 7) is 0. The zero-order chi connectivity index (χ0) is 13.9. The number of hydrogen-bond acceptors (Lipinski definition) is 2. The molecule has 3 heteroatoms. The van der Waals surface area contributed by atoms with Gasteiger partial charge in [-0.05, 0) is 36.4 Å². The summed E-state index contributed by atoms with van der Waals surface area (Å²) in [5.74, 6) is 0. The Bertz CT molecular complexity index is 703. The minimum Gasteiger partial charge on any atom is -0.378 e. The average molecular weight is 263 g/mol. The first-order chi connectivity index (χ1) is 9.72. The number of hydrogen-bond donors (Lipinski definition) is 1. The topological polar surface area (TPSA) is 31.4 Å². The van der Waals surface area contributed by atoms with Crippen LogP contribution in [0.1, 0.15) is 5.69 Å². The van der Waals surface area contributed by atoms with Crippen LogP contribution < -0.4 is 4.90 Å². The number of aromatic amines is 1. The maximum atomic E-state index is 4.50. The highest BCUT2D eigenvalue weighted by molar-refractivity contribution is 5.90. The highest BCUT2D eigenvalue weighted by Gasteiger charge is 1.97. The van der Waals surface area contributed by atoms with Crippen LogP contribution in [-0.2, 0) is 0 Å². The molecule has 0 saturated carbocycles. The molecule has 0 unspecified atom stereocenters. The third kappa shape index (κ3) is 2.57. The normalized spacial score (nSPS) is 11.3. The average Bonchev–Trinajstić information content (AvgIpc) is 2.88. The van der Waals surface area contributed by atoms with Gasteiger partial charge in [-0.15, -0.1) is 0 Å². The van der Waals surface area contributed by atoms with E-state index >= 15 is 0 Å². The summed E-state index contributed by atoms with van der Waals surface area (Å²) in [5.41, 5.74) is 4.28. The fraction of sp³-hybridized carbons (Fsp3) is 0.118. The Morgan fingerprint density at radius 3 is 2.45 bits per heavy atom. The van der Waals surface area contributed by atoms with Crippen LogP contribution in [0.2, 0.25) is 0 Å². The summed E-state index contributed by atoms with van der Waals surface area (Å²) in [6, 6.07) is 18.5. The Balaban J connectivity index is 1.82. The van der Waals surface area contributed by atoms with Crippen LogP contribution in [0.3, 0.4) is 0 Å². The van der Waals surface area contributed by atoms with Crippen molar-refractivity contribution < 1.29 is 0 Å². The zero-order valence-corrected chi connectivity index (χ0v) is 11.7. The second-order valence-electron chi connectivity index (χ2n) is 4.98. The van der Waals surface area contributed by atoms with Gasteiger partial charge in [-0.25, -0.2) is 0 Å². The van der Waals surface area contributed by atoms with Gasteiger partial charge >= 0.3 is 0 Å². The second kappa shape index (κ2) is 5.21. The van der Waals surface area contributed by atoms with Crippen molar-refractivity contribution in [3.63, 3.8) is 0 Å². The van der Waals surface area contributed by atoms with Crippen LogP contribution >= 0.6 is 0 Å². The first-order valence-corrected chi connectivity index (χ1v) is 6.61. The van der Waals surface area contributed by atoms with Gasteiger partial charge in [0, 0.05) is 30.7 Å². The molecule has 1 aromatic heterocycles. The van der Waals surface area contributed by atoms with Crippen molar-refractivity contribution >= 4 is 28.5 Å². The van der Waals surface area contributed by atoms with E-state index in [0.29, 0.717) is 0 Å². The molecule has 0 atom stereocenters. The molecule has 3 aromatic rings. The van der Waals surface area contributed by atoms with E-state index in [1.54, 1.807) is 0 Å². The predicted molar refractivity (Wildman–Crippen MR) is 86.3 cm³/mol. The molecule has 0 aliphatic heterocycles. The molecule has 0 radical (unpaired) electrons. The molecule has 100 valence electrons. The molecule has 1 N–H and O–H groups in total. The van der Waals surface area contributed by atoms with Crippen LogP contribution in [-0.4, -0.2) is 25.3 Å². The molecule has 0 saturated heterocycles. The lowest BCUT2D eigenvalue weighted by molar-refractivity contribution is 1.13. The summed E-state index contributed by atoms with van der Waals surface area (Å²) >= 11 is 0. The minimum atomic E-state index is 0.953. The molecule has 3 rings (SSSR count). The molecule has 0 spiro atoms. The van der Waals surface area contributed by atoms with E-state index in [0.717, 1.165) is 16.9 Å². The second-order valence-corrected chi connectivity index (χ2v) is 4.98. The van der Waals surface area contributed by atoms with E-state index in [-0.39, 0.29) is 0 Å². The summed E-state index contributed by atoms with van der Waals surface area (Å²) in [5, 5.41) is 1.21. The summed E-state index contributed by atoms with van der Waals surface area (Å²) in [7, 11) is 4.06. The minimum absolute atomic E-state index is 0.953. The molecule has 1 heterocycles. The molecule has 0 bridgehead atoms. The Morgan fingerprint density at radius 2 is 1.75 bits per heavy atom. The Hall–Kier alpha value is -2.55. The van der Waals surface area contributed by atoms with Crippen molar-refractivity contribution in [2.24, 2.45) is 4.99 Å². The van der Waals surface area contributed by atoms with Crippen molar-refractivity contribution in [1.29, 1.82) is 0 Å². The number of nitrogens with zero attached hydrogens (tertiary/aromatic N) is 2. The molecule has 0 aliphatic rings. The molecule has 0 aliphatic carbocycles. The van der Waals surface area contributed by atoms with Crippen molar-refractivity contribution in [3.8, 4) is 0 Å². The highest BCUT2D eigenvalue weighted by Crippen LogP contribution is 2.18. The lowest BCUT2D eigenvalue weighted by Gasteiger charge is -2.11. The fourth-order valence-electron chi connectivity index (χ4n) is 2.15. The van der Waals surface area contributed by atoms with Crippen molar-refractivity contribution in [1.82, 2.24) is 4.98 Å². The Kier molecular flexibility index (Phi) is 3.25. The molecular weight excluding hydrogens is 246 g/mol. The number of rotatable bonds is 3. The van der Waals surface area contributed by atoms with E-state index in [4.69, 9.17) is 0 Å². The number of fused-ring (bicyclic) bond motifs is 1. The smallest absolute Gasteiger partial charge is 0.0632 e. The SMILES string of the molecule is CN(C)c1ccc(N=Cc2cc3ccccc3[nH]2)cc1. The lowest BCUT2D eigenvalue weighted by Crippen LogP contribution is -2.07. The van der Waals surface area contributed by atoms with Gasteiger partial charge in [0.1, 0.15) is 0 Å². The first-order valence-electron chi connectivity index (χ1n) is 6.61. The predicted octanol–water partition coefficient (Wildman–Crippen LogP) is 3.98. The monoisotopic (exact) mass is 263 g/mol. The van der Waals surface area contributed by atoms with Crippen LogP contribution in [0.5, 0.6) is 0 Å². The Morgan fingerprint density at radius 1 is 1.00 bits per heavy atom. The third-order valence-corrected chi connectivity index (χ3v) is 3.27. The summed E-state index contributed by atoms with van der Waals surface area (Å²) in [4.78, 5) is 9.91. The molecule has 3 nitrogen and oxygen atoms in total. The van der Waals surface area contributed by atoms with Crippen molar-refractivity contribution in [2.75, 3.05) is 19.0 Å². The largest absolute Gasteiger partial charge is 0.378 e. The van der Waals surface area contributed by atoms with Crippen LogP contribution in [0.25, 0.3) is 10.9 Å². The van der Waals surface area contributed by atoms with Crippen LogP contribution in [0.15, 0.2) is 59.6 Å². The molecule has 2 aromatic carbocycles. The standard InChI is InChI=1S/C17H17N3/c1-20(2)16-9-7-14(8-10-16)18-12-15-11-13-5-3-4-6-17(13)19-15/h3-12,19H,1-2H3. The molecular formula is C17H17N3. The molecule has 20 heavy (non-hydrogen) atoms. The number of para-hydroxylation sites is 1. The first kappa shape index (κ1) is 12.5. The van der Waals surface area contributed by atoms with E-state index in [1.807, 2.05) is 44.6 Å². The van der Waals surface area contributed by atoms with Crippen molar-refractivity contribution in [2.45, 2.75) is 0 Å². The number of anilines is 1. The summed E-state index contributed by atoms with van der Waals surface area (Å²) < 4.78 is 0. The van der Waals surface area contributed by atoms with Crippen LogP contribution in [0, 0.1) is 0 Å². The van der Waals surface area contributed by atoms with E-state index in [1.165, 1.54) is 11.1 Å². The number of nitrogens with one attached hydrogen (secondary N) is 1. The quantitative estimate of drug-likeness (QED) is 0.712. The van der Waals surface area contributed by atoms with Gasteiger partial charge in [0.15, 0.2) is 0 Å². The van der Waals surface area contributed by atoms with Gasteiger partial charge in [-0.2, -0.15) is 0 Å².